The van der Waals surface area contributed by atoms with Crippen molar-refractivity contribution in [3.05, 3.63) is 76.9 Å². The maximum absolute atomic E-state index is 13.9. The standard InChI is InChI=1S/C27H27BrN2O7S/c1-7-37-26(32)23-14(2)29-27-30(24(23)15-8-9-18(33-3)19(10-15)34-4)25(31)22(38-27)12-16-11-20(35-5)21(36-6)13-17(16)28/h8-13,24H,7H2,1-6H3/b22-12+. The second-order valence-corrected chi connectivity index (χ2v) is 10.0. The molecule has 9 nitrogen and oxygen atoms in total. The number of carbonyl (C=O) groups excluding carboxylic acids is 1. The number of carbonyl (C=O) groups is 1. The Bertz CT molecular complexity index is 1610. The van der Waals surface area contributed by atoms with Gasteiger partial charge in [-0.15, -0.1) is 0 Å². The Kier molecular flexibility index (Phi) is 8.27. The highest BCUT2D eigenvalue weighted by Gasteiger charge is 2.34. The molecule has 1 atom stereocenters. The van der Waals surface area contributed by atoms with Crippen LogP contribution in [0.3, 0.4) is 0 Å². The summed E-state index contributed by atoms with van der Waals surface area (Å²) in [6.07, 6.45) is 1.75. The van der Waals surface area contributed by atoms with E-state index >= 15 is 0 Å². The summed E-state index contributed by atoms with van der Waals surface area (Å²) in [7, 11) is 6.17. The number of rotatable bonds is 8. The Hall–Kier alpha value is -3.57. The van der Waals surface area contributed by atoms with Gasteiger partial charge in [-0.25, -0.2) is 9.79 Å². The fraction of sp³-hybridized carbons (Fsp3) is 0.296. The molecule has 1 aromatic heterocycles. The molecule has 2 aromatic carbocycles. The van der Waals surface area contributed by atoms with E-state index in [2.05, 4.69) is 20.9 Å². The number of hydrogen-bond donors (Lipinski definition) is 0. The number of hydrogen-bond acceptors (Lipinski definition) is 9. The van der Waals surface area contributed by atoms with Gasteiger partial charge in [0.25, 0.3) is 5.56 Å². The first kappa shape index (κ1) is 27.5. The lowest BCUT2D eigenvalue weighted by Gasteiger charge is -2.25. The summed E-state index contributed by atoms with van der Waals surface area (Å²) in [5, 5.41) is 0. The SMILES string of the molecule is CCOC(=O)C1=C(C)N=c2s/c(=C/c3cc(OC)c(OC)cc3Br)c(=O)n2C1c1ccc(OC)c(OC)c1. The van der Waals surface area contributed by atoms with Crippen LogP contribution in [0, 0.1) is 0 Å². The molecule has 0 bridgehead atoms. The maximum atomic E-state index is 13.9. The summed E-state index contributed by atoms with van der Waals surface area (Å²) in [5.41, 5.74) is 1.83. The number of allylic oxidation sites excluding steroid dienone is 1. The number of methoxy groups -OCH3 is 4. The highest BCUT2D eigenvalue weighted by molar-refractivity contribution is 9.10. The number of benzene rings is 2. The summed E-state index contributed by atoms with van der Waals surface area (Å²) in [6.45, 7) is 3.66. The van der Waals surface area contributed by atoms with Crippen LogP contribution in [0.4, 0.5) is 0 Å². The Balaban J connectivity index is 1.97. The van der Waals surface area contributed by atoms with Crippen molar-refractivity contribution in [2.75, 3.05) is 35.0 Å². The van der Waals surface area contributed by atoms with Gasteiger partial charge >= 0.3 is 5.97 Å². The van der Waals surface area contributed by atoms with Gasteiger partial charge in [0.05, 0.1) is 56.9 Å². The highest BCUT2D eigenvalue weighted by atomic mass is 79.9. The Morgan fingerprint density at radius 3 is 2.29 bits per heavy atom. The van der Waals surface area contributed by atoms with Crippen molar-refractivity contribution >= 4 is 39.3 Å². The fourth-order valence-electron chi connectivity index (χ4n) is 4.25. The molecule has 200 valence electrons. The van der Waals surface area contributed by atoms with Crippen molar-refractivity contribution in [3.63, 3.8) is 0 Å². The number of aromatic nitrogens is 1. The van der Waals surface area contributed by atoms with Crippen LogP contribution < -0.4 is 33.8 Å². The largest absolute Gasteiger partial charge is 0.493 e. The van der Waals surface area contributed by atoms with E-state index in [0.717, 1.165) is 10.0 Å². The van der Waals surface area contributed by atoms with Gasteiger partial charge in [0.2, 0.25) is 0 Å². The van der Waals surface area contributed by atoms with E-state index in [1.807, 2.05) is 0 Å². The minimum Gasteiger partial charge on any atom is -0.493 e. The molecule has 0 saturated heterocycles. The normalized spacial score (nSPS) is 15.0. The zero-order chi connectivity index (χ0) is 27.6. The Labute approximate surface area is 231 Å². The smallest absolute Gasteiger partial charge is 0.338 e. The zero-order valence-corrected chi connectivity index (χ0v) is 24.2. The van der Waals surface area contributed by atoms with Crippen LogP contribution in [0.25, 0.3) is 6.08 Å². The van der Waals surface area contributed by atoms with Gasteiger partial charge in [-0.1, -0.05) is 33.3 Å². The molecule has 2 heterocycles. The van der Waals surface area contributed by atoms with Crippen molar-refractivity contribution in [1.29, 1.82) is 0 Å². The summed E-state index contributed by atoms with van der Waals surface area (Å²) in [5.74, 6) is 1.55. The Morgan fingerprint density at radius 1 is 1.03 bits per heavy atom. The zero-order valence-electron chi connectivity index (χ0n) is 21.8. The lowest BCUT2D eigenvalue weighted by atomic mass is 9.95. The molecule has 0 radical (unpaired) electrons. The molecule has 0 aliphatic carbocycles. The molecular formula is C27H27BrN2O7S. The molecule has 1 aliphatic rings. The minimum absolute atomic E-state index is 0.187. The van der Waals surface area contributed by atoms with E-state index in [-0.39, 0.29) is 17.7 Å². The fourth-order valence-corrected chi connectivity index (χ4v) is 5.73. The summed E-state index contributed by atoms with van der Waals surface area (Å²) in [6, 6.07) is 8.07. The number of thiazole rings is 1. The van der Waals surface area contributed by atoms with Crippen molar-refractivity contribution in [2.24, 2.45) is 4.99 Å². The molecule has 4 rings (SSSR count). The van der Waals surface area contributed by atoms with E-state index < -0.39 is 12.0 Å². The van der Waals surface area contributed by atoms with Crippen LogP contribution in [-0.2, 0) is 9.53 Å². The predicted octanol–water partition coefficient (Wildman–Crippen LogP) is 3.60. The summed E-state index contributed by atoms with van der Waals surface area (Å²) < 4.78 is 29.7. The lowest BCUT2D eigenvalue weighted by molar-refractivity contribution is -0.139. The molecule has 1 unspecified atom stereocenters. The van der Waals surface area contributed by atoms with E-state index in [1.165, 1.54) is 23.0 Å². The molecule has 1 aliphatic heterocycles. The molecule has 0 saturated carbocycles. The second kappa shape index (κ2) is 11.4. The summed E-state index contributed by atoms with van der Waals surface area (Å²) in [4.78, 5) is 32.1. The van der Waals surface area contributed by atoms with Crippen LogP contribution in [0.2, 0.25) is 0 Å². The van der Waals surface area contributed by atoms with Crippen molar-refractivity contribution < 1.29 is 28.5 Å². The van der Waals surface area contributed by atoms with Gasteiger partial charge in [-0.2, -0.15) is 0 Å². The molecule has 38 heavy (non-hydrogen) atoms. The van der Waals surface area contributed by atoms with Crippen LogP contribution in [0.1, 0.15) is 31.0 Å². The Morgan fingerprint density at radius 2 is 1.66 bits per heavy atom. The predicted molar refractivity (Wildman–Crippen MR) is 147 cm³/mol. The van der Waals surface area contributed by atoms with Gasteiger partial charge in [0.1, 0.15) is 0 Å². The first-order valence-electron chi connectivity index (χ1n) is 11.6. The van der Waals surface area contributed by atoms with Crippen molar-refractivity contribution in [3.8, 4) is 23.0 Å². The molecule has 0 fully saturated rings. The second-order valence-electron chi connectivity index (χ2n) is 8.15. The highest BCUT2D eigenvalue weighted by Crippen LogP contribution is 2.36. The first-order chi connectivity index (χ1) is 18.3. The third-order valence-corrected chi connectivity index (χ3v) is 7.70. The van der Waals surface area contributed by atoms with Gasteiger partial charge in [0.15, 0.2) is 27.8 Å². The van der Waals surface area contributed by atoms with Gasteiger partial charge < -0.3 is 23.7 Å². The van der Waals surface area contributed by atoms with Crippen LogP contribution >= 0.6 is 27.3 Å². The third kappa shape index (κ3) is 4.95. The molecule has 0 amide bonds. The first-order valence-corrected chi connectivity index (χ1v) is 13.2. The average molecular weight is 603 g/mol. The molecular weight excluding hydrogens is 576 g/mol. The monoisotopic (exact) mass is 602 g/mol. The van der Waals surface area contributed by atoms with E-state index in [0.29, 0.717) is 43.6 Å². The van der Waals surface area contributed by atoms with E-state index in [1.54, 1.807) is 71.6 Å². The third-order valence-electron chi connectivity index (χ3n) is 6.03. The number of ether oxygens (including phenoxy) is 5. The van der Waals surface area contributed by atoms with Crippen LogP contribution in [-0.4, -0.2) is 45.6 Å². The number of esters is 1. The average Bonchev–Trinajstić information content (AvgIpc) is 3.22. The molecule has 0 N–H and O–H groups in total. The topological polar surface area (TPSA) is 97.6 Å². The minimum atomic E-state index is -0.777. The molecule has 0 spiro atoms. The quantitative estimate of drug-likeness (QED) is 0.363. The van der Waals surface area contributed by atoms with E-state index in [4.69, 9.17) is 23.7 Å². The van der Waals surface area contributed by atoms with Crippen LogP contribution in [0.5, 0.6) is 23.0 Å². The summed E-state index contributed by atoms with van der Waals surface area (Å²) >= 11 is 4.78. The number of nitrogens with zero attached hydrogens (tertiary/aromatic N) is 2. The lowest BCUT2D eigenvalue weighted by Crippen LogP contribution is -2.40. The van der Waals surface area contributed by atoms with Crippen molar-refractivity contribution in [2.45, 2.75) is 19.9 Å². The van der Waals surface area contributed by atoms with Crippen molar-refractivity contribution in [1.82, 2.24) is 4.57 Å². The van der Waals surface area contributed by atoms with Gasteiger partial charge in [-0.3, -0.25) is 9.36 Å². The molecule has 3 aromatic rings. The number of fused-ring (bicyclic) bond motifs is 1. The maximum Gasteiger partial charge on any atom is 0.338 e. The number of halogens is 1. The van der Waals surface area contributed by atoms with Crippen LogP contribution in [0.15, 0.2) is 55.9 Å². The van der Waals surface area contributed by atoms with E-state index in [9.17, 15) is 9.59 Å². The molecule has 11 heteroatoms. The van der Waals surface area contributed by atoms with Gasteiger partial charge in [-0.05, 0) is 55.3 Å². The van der Waals surface area contributed by atoms with Gasteiger partial charge in [0, 0.05) is 4.47 Å².